The monoisotopic (exact) mass is 294 g/mol. The third kappa shape index (κ3) is 4.03. The normalized spacial score (nSPS) is 11.8. The zero-order valence-electron chi connectivity index (χ0n) is 9.89. The first kappa shape index (κ1) is 15.1. The molecule has 1 aromatic rings. The van der Waals surface area contributed by atoms with E-state index in [1.165, 1.54) is 0 Å². The Labute approximate surface area is 118 Å². The van der Waals surface area contributed by atoms with Gasteiger partial charge < -0.3 is 4.74 Å². The van der Waals surface area contributed by atoms with Gasteiger partial charge in [-0.15, -0.1) is 23.2 Å². The number of benzene rings is 1. The van der Waals surface area contributed by atoms with Gasteiger partial charge in [0.2, 0.25) is 0 Å². The first-order valence-corrected chi connectivity index (χ1v) is 7.00. The van der Waals surface area contributed by atoms with E-state index >= 15 is 0 Å². The molecule has 0 aromatic heterocycles. The maximum Gasteiger partial charge on any atom is 0.0462 e. The van der Waals surface area contributed by atoms with Gasteiger partial charge in [-0.3, -0.25) is 0 Å². The van der Waals surface area contributed by atoms with E-state index in [1.807, 2.05) is 24.3 Å². The Balaban J connectivity index is 2.89. The standard InChI is InChI=1S/C13H17Cl3O/c1-17-7-3-6-13(9-14,10-15)11-4-2-5-12(16)8-11/h2,4-5,8H,3,6-7,9-10H2,1H3. The van der Waals surface area contributed by atoms with Crippen molar-refractivity contribution in [1.29, 1.82) is 0 Å². The van der Waals surface area contributed by atoms with E-state index in [0.29, 0.717) is 16.8 Å². The number of rotatable bonds is 7. The quantitative estimate of drug-likeness (QED) is 0.532. The minimum absolute atomic E-state index is 0.216. The molecule has 96 valence electrons. The van der Waals surface area contributed by atoms with Crippen molar-refractivity contribution >= 4 is 34.8 Å². The van der Waals surface area contributed by atoms with Crippen LogP contribution < -0.4 is 0 Å². The van der Waals surface area contributed by atoms with Crippen LogP contribution in [0.3, 0.4) is 0 Å². The van der Waals surface area contributed by atoms with Crippen LogP contribution in [0.5, 0.6) is 0 Å². The molecule has 17 heavy (non-hydrogen) atoms. The average molecular weight is 296 g/mol. The third-order valence-electron chi connectivity index (χ3n) is 2.95. The van der Waals surface area contributed by atoms with E-state index in [2.05, 4.69) is 0 Å². The van der Waals surface area contributed by atoms with E-state index < -0.39 is 0 Å². The number of halogens is 3. The summed E-state index contributed by atoms with van der Waals surface area (Å²) in [5.41, 5.74) is 0.887. The fraction of sp³-hybridized carbons (Fsp3) is 0.538. The molecule has 0 N–H and O–H groups in total. The van der Waals surface area contributed by atoms with Gasteiger partial charge in [0.25, 0.3) is 0 Å². The van der Waals surface area contributed by atoms with Gasteiger partial charge in [-0.2, -0.15) is 0 Å². The van der Waals surface area contributed by atoms with Crippen LogP contribution in [-0.4, -0.2) is 25.5 Å². The van der Waals surface area contributed by atoms with Gasteiger partial charge >= 0.3 is 0 Å². The molecule has 0 amide bonds. The predicted octanol–water partition coefficient (Wildman–Crippen LogP) is 4.48. The second-order valence-electron chi connectivity index (χ2n) is 4.15. The molecule has 0 spiro atoms. The summed E-state index contributed by atoms with van der Waals surface area (Å²) in [5, 5.41) is 0.717. The Bertz CT molecular complexity index is 337. The Morgan fingerprint density at radius 3 is 2.47 bits per heavy atom. The fourth-order valence-corrected chi connectivity index (χ4v) is 2.89. The zero-order chi connectivity index (χ0) is 12.7. The lowest BCUT2D eigenvalue weighted by Gasteiger charge is -2.30. The highest BCUT2D eigenvalue weighted by Crippen LogP contribution is 2.33. The van der Waals surface area contributed by atoms with Crippen LogP contribution >= 0.6 is 34.8 Å². The lowest BCUT2D eigenvalue weighted by Crippen LogP contribution is -2.31. The van der Waals surface area contributed by atoms with Crippen molar-refractivity contribution in [2.24, 2.45) is 0 Å². The lowest BCUT2D eigenvalue weighted by atomic mass is 9.80. The number of methoxy groups -OCH3 is 1. The molecule has 4 heteroatoms. The van der Waals surface area contributed by atoms with Crippen LogP contribution in [0.25, 0.3) is 0 Å². The van der Waals surface area contributed by atoms with Crippen molar-refractivity contribution in [2.75, 3.05) is 25.5 Å². The van der Waals surface area contributed by atoms with E-state index in [-0.39, 0.29) is 5.41 Å². The summed E-state index contributed by atoms with van der Waals surface area (Å²) < 4.78 is 5.07. The molecule has 0 saturated carbocycles. The molecule has 0 aliphatic heterocycles. The van der Waals surface area contributed by atoms with Gasteiger partial charge in [0, 0.05) is 35.9 Å². The van der Waals surface area contributed by atoms with Gasteiger partial charge in [-0.05, 0) is 30.5 Å². The van der Waals surface area contributed by atoms with Crippen LogP contribution in [0, 0.1) is 0 Å². The fourth-order valence-electron chi connectivity index (χ4n) is 1.84. The van der Waals surface area contributed by atoms with Gasteiger partial charge in [0.05, 0.1) is 0 Å². The lowest BCUT2D eigenvalue weighted by molar-refractivity contribution is 0.186. The van der Waals surface area contributed by atoms with Crippen molar-refractivity contribution in [3.8, 4) is 0 Å². The van der Waals surface area contributed by atoms with E-state index in [1.54, 1.807) is 7.11 Å². The number of hydrogen-bond acceptors (Lipinski definition) is 1. The van der Waals surface area contributed by atoms with Crippen molar-refractivity contribution in [1.82, 2.24) is 0 Å². The second-order valence-corrected chi connectivity index (χ2v) is 5.13. The molecule has 0 atom stereocenters. The molecule has 0 aliphatic carbocycles. The Hall–Kier alpha value is 0.0500. The highest BCUT2D eigenvalue weighted by molar-refractivity contribution is 6.30. The highest BCUT2D eigenvalue weighted by Gasteiger charge is 2.30. The molecule has 0 aliphatic rings. The molecule has 0 unspecified atom stereocenters. The molecular weight excluding hydrogens is 279 g/mol. The summed E-state index contributed by atoms with van der Waals surface area (Å²) in [7, 11) is 1.70. The molecule has 1 rings (SSSR count). The molecule has 1 nitrogen and oxygen atoms in total. The smallest absolute Gasteiger partial charge is 0.0462 e. The van der Waals surface area contributed by atoms with Crippen LogP contribution in [0.1, 0.15) is 18.4 Å². The summed E-state index contributed by atoms with van der Waals surface area (Å²) in [6.07, 6.45) is 1.83. The number of alkyl halides is 2. The maximum atomic E-state index is 6.12. The molecule has 1 aromatic carbocycles. The first-order chi connectivity index (χ1) is 8.18. The summed E-state index contributed by atoms with van der Waals surface area (Å²) >= 11 is 18.3. The Kier molecular flexibility index (Phi) is 6.65. The largest absolute Gasteiger partial charge is 0.385 e. The molecular formula is C13H17Cl3O. The van der Waals surface area contributed by atoms with Crippen molar-refractivity contribution in [3.63, 3.8) is 0 Å². The van der Waals surface area contributed by atoms with Crippen LogP contribution in [0.2, 0.25) is 5.02 Å². The average Bonchev–Trinajstić information content (AvgIpc) is 2.35. The van der Waals surface area contributed by atoms with Gasteiger partial charge in [-0.1, -0.05) is 23.7 Å². The summed E-state index contributed by atoms with van der Waals surface area (Å²) in [6.45, 7) is 0.718. The van der Waals surface area contributed by atoms with Crippen molar-refractivity contribution in [2.45, 2.75) is 18.3 Å². The number of ether oxygens (including phenoxy) is 1. The predicted molar refractivity (Wildman–Crippen MR) is 75.7 cm³/mol. The Morgan fingerprint density at radius 1 is 1.24 bits per heavy atom. The SMILES string of the molecule is COCCCC(CCl)(CCl)c1cccc(Cl)c1. The van der Waals surface area contributed by atoms with Gasteiger partial charge in [-0.25, -0.2) is 0 Å². The molecule has 0 radical (unpaired) electrons. The number of hydrogen-bond donors (Lipinski definition) is 0. The van der Waals surface area contributed by atoms with Crippen molar-refractivity contribution < 1.29 is 4.74 Å². The minimum Gasteiger partial charge on any atom is -0.385 e. The first-order valence-electron chi connectivity index (χ1n) is 5.55. The Morgan fingerprint density at radius 2 is 1.94 bits per heavy atom. The zero-order valence-corrected chi connectivity index (χ0v) is 12.2. The van der Waals surface area contributed by atoms with E-state index in [9.17, 15) is 0 Å². The van der Waals surface area contributed by atoms with E-state index in [4.69, 9.17) is 39.5 Å². The summed E-state index contributed by atoms with van der Waals surface area (Å²) in [6, 6.07) is 7.76. The molecule has 0 fully saturated rings. The van der Waals surface area contributed by atoms with Gasteiger partial charge in [0.15, 0.2) is 0 Å². The minimum atomic E-state index is -0.216. The summed E-state index contributed by atoms with van der Waals surface area (Å²) in [4.78, 5) is 0. The van der Waals surface area contributed by atoms with Crippen LogP contribution in [0.15, 0.2) is 24.3 Å². The topological polar surface area (TPSA) is 9.23 Å². The molecule has 0 saturated heterocycles. The van der Waals surface area contributed by atoms with Crippen LogP contribution in [0.4, 0.5) is 0 Å². The van der Waals surface area contributed by atoms with Crippen LogP contribution in [-0.2, 0) is 10.2 Å². The molecule has 0 heterocycles. The van der Waals surface area contributed by atoms with Gasteiger partial charge in [0.1, 0.15) is 0 Å². The third-order valence-corrected chi connectivity index (χ3v) is 4.21. The van der Waals surface area contributed by atoms with Crippen molar-refractivity contribution in [3.05, 3.63) is 34.9 Å². The maximum absolute atomic E-state index is 6.12. The second kappa shape index (κ2) is 7.48. The highest BCUT2D eigenvalue weighted by atomic mass is 35.5. The van der Waals surface area contributed by atoms with E-state index in [0.717, 1.165) is 25.0 Å². The summed E-state index contributed by atoms with van der Waals surface area (Å²) in [5.74, 6) is 0.973. The molecule has 0 bridgehead atoms.